The largest absolute Gasteiger partial charge is 0.439 e. The molecule has 0 aliphatic heterocycles. The zero-order valence-corrected chi connectivity index (χ0v) is 12.3. The van der Waals surface area contributed by atoms with Crippen molar-refractivity contribution in [3.63, 3.8) is 0 Å². The summed E-state index contributed by atoms with van der Waals surface area (Å²) < 4.78 is 31.4. The topological polar surface area (TPSA) is 34.1 Å². The van der Waals surface area contributed by atoms with Gasteiger partial charge in [-0.2, -0.15) is 0 Å². The third kappa shape index (κ3) is 4.23. The molecule has 0 atom stereocenters. The van der Waals surface area contributed by atoms with Crippen LogP contribution in [0.15, 0.2) is 30.3 Å². The molecule has 5 heteroatoms. The normalized spacial score (nSPS) is 11.0. The van der Waals surface area contributed by atoms with Gasteiger partial charge in [-0.1, -0.05) is 19.9 Å². The second-order valence-electron chi connectivity index (χ2n) is 5.11. The molecule has 1 aromatic carbocycles. The first-order chi connectivity index (χ1) is 9.95. The van der Waals surface area contributed by atoms with Crippen molar-refractivity contribution in [2.75, 3.05) is 0 Å². The van der Waals surface area contributed by atoms with Crippen LogP contribution in [0.2, 0.25) is 0 Å². The van der Waals surface area contributed by atoms with Gasteiger partial charge in [0.05, 0.1) is 0 Å². The first-order valence-corrected chi connectivity index (χ1v) is 6.78. The third-order valence-electron chi connectivity index (χ3n) is 2.98. The smallest absolute Gasteiger partial charge is 0.219 e. The lowest BCUT2D eigenvalue weighted by Gasteiger charge is -2.11. The SMILES string of the molecule is Cc1nc(Oc2ccc(F)c(F)c2)ccc1CNC(C)C. The average molecular weight is 292 g/mol. The quantitative estimate of drug-likeness (QED) is 0.905. The van der Waals surface area contributed by atoms with Crippen molar-refractivity contribution < 1.29 is 13.5 Å². The number of aryl methyl sites for hydroxylation is 1. The Balaban J connectivity index is 2.10. The maximum Gasteiger partial charge on any atom is 0.219 e. The Morgan fingerprint density at radius 3 is 2.52 bits per heavy atom. The minimum absolute atomic E-state index is 0.217. The Kier molecular flexibility index (Phi) is 4.85. The van der Waals surface area contributed by atoms with Gasteiger partial charge in [0, 0.05) is 30.4 Å². The molecule has 0 fully saturated rings. The summed E-state index contributed by atoms with van der Waals surface area (Å²) in [5, 5.41) is 3.31. The molecule has 0 spiro atoms. The summed E-state index contributed by atoms with van der Waals surface area (Å²) >= 11 is 0. The van der Waals surface area contributed by atoms with Crippen molar-refractivity contribution in [1.29, 1.82) is 0 Å². The number of ether oxygens (including phenoxy) is 1. The van der Waals surface area contributed by atoms with Gasteiger partial charge in [0.1, 0.15) is 5.75 Å². The summed E-state index contributed by atoms with van der Waals surface area (Å²) in [7, 11) is 0. The molecule has 0 aliphatic rings. The molecular weight excluding hydrogens is 274 g/mol. The van der Waals surface area contributed by atoms with Gasteiger partial charge >= 0.3 is 0 Å². The molecule has 0 amide bonds. The Labute approximate surface area is 123 Å². The van der Waals surface area contributed by atoms with E-state index in [0.29, 0.717) is 11.9 Å². The van der Waals surface area contributed by atoms with Crippen molar-refractivity contribution in [2.45, 2.75) is 33.4 Å². The Morgan fingerprint density at radius 2 is 1.90 bits per heavy atom. The molecule has 0 unspecified atom stereocenters. The lowest BCUT2D eigenvalue weighted by atomic mass is 10.2. The number of rotatable bonds is 5. The van der Waals surface area contributed by atoms with E-state index in [9.17, 15) is 8.78 Å². The maximum atomic E-state index is 13.1. The Hall–Kier alpha value is -2.01. The van der Waals surface area contributed by atoms with Gasteiger partial charge in [-0.3, -0.25) is 0 Å². The number of nitrogens with one attached hydrogen (secondary N) is 1. The molecule has 1 heterocycles. The maximum absolute atomic E-state index is 13.1. The molecule has 2 rings (SSSR count). The van der Waals surface area contributed by atoms with Gasteiger partial charge in [0.2, 0.25) is 5.88 Å². The highest BCUT2D eigenvalue weighted by molar-refractivity contribution is 5.31. The monoisotopic (exact) mass is 292 g/mol. The minimum atomic E-state index is -0.943. The summed E-state index contributed by atoms with van der Waals surface area (Å²) in [6.07, 6.45) is 0. The van der Waals surface area contributed by atoms with Gasteiger partial charge in [0.15, 0.2) is 11.6 Å². The van der Waals surface area contributed by atoms with Crippen LogP contribution in [0.4, 0.5) is 8.78 Å². The molecule has 21 heavy (non-hydrogen) atoms. The molecule has 112 valence electrons. The molecule has 1 N–H and O–H groups in total. The average Bonchev–Trinajstić information content (AvgIpc) is 2.42. The fourth-order valence-corrected chi connectivity index (χ4v) is 1.79. The highest BCUT2D eigenvalue weighted by atomic mass is 19.2. The van der Waals surface area contributed by atoms with Crippen LogP contribution in [0.3, 0.4) is 0 Å². The Morgan fingerprint density at radius 1 is 1.14 bits per heavy atom. The third-order valence-corrected chi connectivity index (χ3v) is 2.98. The summed E-state index contributed by atoms with van der Waals surface area (Å²) in [6, 6.07) is 7.41. The Bertz CT molecular complexity index is 630. The van der Waals surface area contributed by atoms with Crippen LogP contribution in [-0.4, -0.2) is 11.0 Å². The molecule has 1 aromatic heterocycles. The highest BCUT2D eigenvalue weighted by Gasteiger charge is 2.07. The number of hydrogen-bond acceptors (Lipinski definition) is 3. The molecular formula is C16H18F2N2O. The van der Waals surface area contributed by atoms with E-state index in [1.807, 2.05) is 13.0 Å². The number of benzene rings is 1. The number of nitrogens with zero attached hydrogens (tertiary/aromatic N) is 1. The van der Waals surface area contributed by atoms with E-state index in [4.69, 9.17) is 4.74 Å². The second kappa shape index (κ2) is 6.63. The first-order valence-electron chi connectivity index (χ1n) is 6.78. The summed E-state index contributed by atoms with van der Waals surface area (Å²) in [6.45, 7) is 6.75. The van der Waals surface area contributed by atoms with Crippen LogP contribution < -0.4 is 10.1 Å². The van der Waals surface area contributed by atoms with Crippen LogP contribution >= 0.6 is 0 Å². The van der Waals surface area contributed by atoms with Crippen molar-refractivity contribution in [3.8, 4) is 11.6 Å². The number of aromatic nitrogens is 1. The van der Waals surface area contributed by atoms with Crippen molar-refractivity contribution in [3.05, 3.63) is 53.2 Å². The molecule has 0 saturated carbocycles. The molecule has 0 aliphatic carbocycles. The predicted molar refractivity (Wildman–Crippen MR) is 77.4 cm³/mol. The van der Waals surface area contributed by atoms with Crippen molar-refractivity contribution >= 4 is 0 Å². The van der Waals surface area contributed by atoms with Crippen molar-refractivity contribution in [2.24, 2.45) is 0 Å². The van der Waals surface area contributed by atoms with Crippen molar-refractivity contribution in [1.82, 2.24) is 10.3 Å². The fraction of sp³-hybridized carbons (Fsp3) is 0.312. The van der Waals surface area contributed by atoms with Crippen LogP contribution in [0.5, 0.6) is 11.6 Å². The summed E-state index contributed by atoms with van der Waals surface area (Å²) in [5.74, 6) is -1.27. The van der Waals surface area contributed by atoms with Gasteiger partial charge in [-0.25, -0.2) is 13.8 Å². The second-order valence-corrected chi connectivity index (χ2v) is 5.11. The van der Waals surface area contributed by atoms with Crippen LogP contribution in [0.1, 0.15) is 25.1 Å². The van der Waals surface area contributed by atoms with E-state index in [1.165, 1.54) is 6.07 Å². The number of halogens is 2. The zero-order chi connectivity index (χ0) is 15.4. The van der Waals surface area contributed by atoms with Crippen LogP contribution in [-0.2, 0) is 6.54 Å². The fourth-order valence-electron chi connectivity index (χ4n) is 1.79. The van der Waals surface area contributed by atoms with Crippen LogP contribution in [0.25, 0.3) is 0 Å². The van der Waals surface area contributed by atoms with E-state index in [2.05, 4.69) is 24.1 Å². The minimum Gasteiger partial charge on any atom is -0.439 e. The molecule has 0 bridgehead atoms. The molecule has 2 aromatic rings. The van der Waals surface area contributed by atoms with E-state index in [0.717, 1.165) is 29.9 Å². The highest BCUT2D eigenvalue weighted by Crippen LogP contribution is 2.22. The predicted octanol–water partition coefficient (Wildman–Crippen LogP) is 3.96. The first kappa shape index (κ1) is 15.4. The standard InChI is InChI=1S/C16H18F2N2O/c1-10(2)19-9-12-4-7-16(20-11(12)3)21-13-5-6-14(17)15(18)8-13/h4-8,10,19H,9H2,1-3H3. The lowest BCUT2D eigenvalue weighted by Crippen LogP contribution is -2.22. The van der Waals surface area contributed by atoms with Gasteiger partial charge in [0.25, 0.3) is 0 Å². The van der Waals surface area contributed by atoms with Gasteiger partial charge < -0.3 is 10.1 Å². The molecule has 0 saturated heterocycles. The number of pyridine rings is 1. The van der Waals surface area contributed by atoms with E-state index >= 15 is 0 Å². The van der Waals surface area contributed by atoms with Crippen LogP contribution in [0, 0.1) is 18.6 Å². The molecule has 3 nitrogen and oxygen atoms in total. The summed E-state index contributed by atoms with van der Waals surface area (Å²) in [5.41, 5.74) is 1.91. The van der Waals surface area contributed by atoms with Gasteiger partial charge in [-0.05, 0) is 24.6 Å². The van der Waals surface area contributed by atoms with Gasteiger partial charge in [-0.15, -0.1) is 0 Å². The number of hydrogen-bond donors (Lipinski definition) is 1. The zero-order valence-electron chi connectivity index (χ0n) is 12.3. The molecule has 0 radical (unpaired) electrons. The van der Waals surface area contributed by atoms with E-state index in [-0.39, 0.29) is 5.75 Å². The van der Waals surface area contributed by atoms with E-state index in [1.54, 1.807) is 6.07 Å². The lowest BCUT2D eigenvalue weighted by molar-refractivity contribution is 0.446. The van der Waals surface area contributed by atoms with E-state index < -0.39 is 11.6 Å². The summed E-state index contributed by atoms with van der Waals surface area (Å²) in [4.78, 5) is 4.32.